The highest BCUT2D eigenvalue weighted by Crippen LogP contribution is 2.27. The maximum absolute atomic E-state index is 12.8. The van der Waals surface area contributed by atoms with Gasteiger partial charge in [-0.1, -0.05) is 18.2 Å². The molecule has 3 rings (SSSR count). The van der Waals surface area contributed by atoms with Gasteiger partial charge in [0.2, 0.25) is 5.95 Å². The lowest BCUT2D eigenvalue weighted by Gasteiger charge is -2.24. The van der Waals surface area contributed by atoms with Crippen molar-refractivity contribution in [3.8, 4) is 11.1 Å². The summed E-state index contributed by atoms with van der Waals surface area (Å²) in [7, 11) is 0. The summed E-state index contributed by atoms with van der Waals surface area (Å²) in [5.41, 5.74) is 4.81. The van der Waals surface area contributed by atoms with Crippen molar-refractivity contribution in [2.45, 2.75) is 19.4 Å². The fourth-order valence-electron chi connectivity index (χ4n) is 2.50. The molecular formula is C15H15FN2. The quantitative estimate of drug-likeness (QED) is 0.777. The van der Waals surface area contributed by atoms with E-state index in [2.05, 4.69) is 35.4 Å². The highest BCUT2D eigenvalue weighted by molar-refractivity contribution is 5.64. The van der Waals surface area contributed by atoms with E-state index in [0.717, 1.165) is 24.1 Å². The highest BCUT2D eigenvalue weighted by Gasteiger charge is 2.15. The molecule has 1 aliphatic heterocycles. The lowest BCUT2D eigenvalue weighted by Crippen LogP contribution is -2.27. The number of nitrogens with one attached hydrogen (secondary N) is 1. The Bertz CT molecular complexity index is 563. The molecule has 1 N–H and O–H groups in total. The van der Waals surface area contributed by atoms with E-state index in [1.165, 1.54) is 17.2 Å². The van der Waals surface area contributed by atoms with Crippen LogP contribution in [0.2, 0.25) is 0 Å². The Balaban J connectivity index is 2.01. The molecule has 3 heteroatoms. The van der Waals surface area contributed by atoms with E-state index in [4.69, 9.17) is 0 Å². The Morgan fingerprint density at radius 2 is 2.06 bits per heavy atom. The first-order chi connectivity index (χ1) is 8.74. The van der Waals surface area contributed by atoms with Crippen LogP contribution in [0.25, 0.3) is 11.1 Å². The van der Waals surface area contributed by atoms with E-state index in [1.807, 2.05) is 0 Å². The molecule has 18 heavy (non-hydrogen) atoms. The highest BCUT2D eigenvalue weighted by atomic mass is 19.1. The van der Waals surface area contributed by atoms with E-state index < -0.39 is 5.95 Å². The smallest absolute Gasteiger partial charge is 0.212 e. The normalized spacial score (nSPS) is 18.4. The molecule has 0 aliphatic carbocycles. The van der Waals surface area contributed by atoms with Crippen LogP contribution >= 0.6 is 0 Å². The van der Waals surface area contributed by atoms with Crippen LogP contribution in [0.15, 0.2) is 36.5 Å². The summed E-state index contributed by atoms with van der Waals surface area (Å²) >= 11 is 0. The molecule has 0 spiro atoms. The van der Waals surface area contributed by atoms with E-state index in [-0.39, 0.29) is 0 Å². The summed E-state index contributed by atoms with van der Waals surface area (Å²) in [6, 6.07) is 10.0. The Morgan fingerprint density at radius 3 is 2.83 bits per heavy atom. The Kier molecular flexibility index (Phi) is 2.84. The summed E-state index contributed by atoms with van der Waals surface area (Å²) in [5, 5.41) is 3.44. The maximum Gasteiger partial charge on any atom is 0.212 e. The molecule has 0 saturated heterocycles. The molecular weight excluding hydrogens is 227 g/mol. The molecule has 2 nitrogen and oxygen atoms in total. The predicted molar refractivity (Wildman–Crippen MR) is 69.8 cm³/mol. The van der Waals surface area contributed by atoms with Gasteiger partial charge >= 0.3 is 0 Å². The van der Waals surface area contributed by atoms with Crippen LogP contribution in [0, 0.1) is 5.95 Å². The fourth-order valence-corrected chi connectivity index (χ4v) is 2.50. The van der Waals surface area contributed by atoms with Crippen molar-refractivity contribution in [2.75, 3.05) is 6.54 Å². The second-order valence-corrected chi connectivity index (χ2v) is 4.71. The molecule has 2 heterocycles. The first-order valence-electron chi connectivity index (χ1n) is 6.22. The maximum atomic E-state index is 12.8. The average Bonchev–Trinajstić information content (AvgIpc) is 2.39. The van der Waals surface area contributed by atoms with Crippen molar-refractivity contribution in [3.05, 3.63) is 53.6 Å². The van der Waals surface area contributed by atoms with Gasteiger partial charge in [0.15, 0.2) is 0 Å². The minimum Gasteiger partial charge on any atom is -0.310 e. The third-order valence-corrected chi connectivity index (χ3v) is 3.52. The molecule has 0 radical (unpaired) electrons. The molecule has 0 saturated carbocycles. The lowest BCUT2D eigenvalue weighted by atomic mass is 9.92. The van der Waals surface area contributed by atoms with E-state index in [0.29, 0.717) is 6.04 Å². The van der Waals surface area contributed by atoms with Crippen LogP contribution in [0.5, 0.6) is 0 Å². The zero-order chi connectivity index (χ0) is 12.5. The number of nitrogens with zero attached hydrogens (tertiary/aromatic N) is 1. The van der Waals surface area contributed by atoms with Gasteiger partial charge in [0.05, 0.1) is 0 Å². The average molecular weight is 242 g/mol. The van der Waals surface area contributed by atoms with Gasteiger partial charge in [-0.2, -0.15) is 4.39 Å². The Labute approximate surface area is 106 Å². The summed E-state index contributed by atoms with van der Waals surface area (Å²) in [6.45, 7) is 3.19. The van der Waals surface area contributed by atoms with Gasteiger partial charge in [-0.3, -0.25) is 0 Å². The van der Waals surface area contributed by atoms with Crippen LogP contribution < -0.4 is 5.32 Å². The van der Waals surface area contributed by atoms with E-state index >= 15 is 0 Å². The van der Waals surface area contributed by atoms with Crippen molar-refractivity contribution in [2.24, 2.45) is 0 Å². The molecule has 2 aromatic rings. The number of fused-ring (bicyclic) bond motifs is 1. The molecule has 0 fully saturated rings. The van der Waals surface area contributed by atoms with Crippen LogP contribution in [-0.4, -0.2) is 11.5 Å². The van der Waals surface area contributed by atoms with Gasteiger partial charge in [-0.15, -0.1) is 0 Å². The zero-order valence-corrected chi connectivity index (χ0v) is 10.3. The molecule has 0 amide bonds. The standard InChI is InChI=1S/C15H15FN2/c1-10-14-4-2-11(8-12(14)6-7-17-10)13-3-5-15(16)18-9-13/h2-5,8-10,17H,6-7H2,1H3. The largest absolute Gasteiger partial charge is 0.310 e. The Hall–Kier alpha value is -1.74. The predicted octanol–water partition coefficient (Wildman–Crippen LogP) is 3.09. The van der Waals surface area contributed by atoms with Crippen molar-refractivity contribution in [3.63, 3.8) is 0 Å². The molecule has 1 unspecified atom stereocenters. The zero-order valence-electron chi connectivity index (χ0n) is 10.3. The molecule has 92 valence electrons. The van der Waals surface area contributed by atoms with Crippen LogP contribution in [-0.2, 0) is 6.42 Å². The van der Waals surface area contributed by atoms with Crippen LogP contribution in [0.3, 0.4) is 0 Å². The lowest BCUT2D eigenvalue weighted by molar-refractivity contribution is 0.541. The van der Waals surface area contributed by atoms with Gasteiger partial charge < -0.3 is 5.32 Å². The summed E-state index contributed by atoms with van der Waals surface area (Å²) in [5.74, 6) is -0.436. The topological polar surface area (TPSA) is 24.9 Å². The number of pyridine rings is 1. The summed E-state index contributed by atoms with van der Waals surface area (Å²) in [6.07, 6.45) is 2.63. The van der Waals surface area contributed by atoms with Gasteiger partial charge in [0.25, 0.3) is 0 Å². The van der Waals surface area contributed by atoms with Gasteiger partial charge in [0.1, 0.15) is 0 Å². The van der Waals surface area contributed by atoms with Gasteiger partial charge in [-0.05, 0) is 48.7 Å². The third kappa shape index (κ3) is 2.02. The first-order valence-corrected chi connectivity index (χ1v) is 6.22. The SMILES string of the molecule is CC1NCCc2cc(-c3ccc(F)nc3)ccc21. The summed E-state index contributed by atoms with van der Waals surface area (Å²) in [4.78, 5) is 3.70. The molecule has 1 aliphatic rings. The minimum atomic E-state index is -0.436. The first kappa shape index (κ1) is 11.4. The van der Waals surface area contributed by atoms with Gasteiger partial charge in [0, 0.05) is 17.8 Å². The van der Waals surface area contributed by atoms with E-state index in [1.54, 1.807) is 12.3 Å². The molecule has 1 aromatic carbocycles. The third-order valence-electron chi connectivity index (χ3n) is 3.52. The number of hydrogen-bond acceptors (Lipinski definition) is 2. The number of benzene rings is 1. The number of rotatable bonds is 1. The number of aromatic nitrogens is 1. The van der Waals surface area contributed by atoms with Crippen molar-refractivity contribution < 1.29 is 4.39 Å². The minimum absolute atomic E-state index is 0.411. The van der Waals surface area contributed by atoms with Gasteiger partial charge in [-0.25, -0.2) is 4.98 Å². The van der Waals surface area contributed by atoms with Crippen molar-refractivity contribution in [1.82, 2.24) is 10.3 Å². The number of hydrogen-bond donors (Lipinski definition) is 1. The van der Waals surface area contributed by atoms with Crippen LogP contribution in [0.1, 0.15) is 24.1 Å². The van der Waals surface area contributed by atoms with Crippen LogP contribution in [0.4, 0.5) is 4.39 Å². The van der Waals surface area contributed by atoms with Crippen molar-refractivity contribution in [1.29, 1.82) is 0 Å². The fraction of sp³-hybridized carbons (Fsp3) is 0.267. The van der Waals surface area contributed by atoms with E-state index in [9.17, 15) is 4.39 Å². The summed E-state index contributed by atoms with van der Waals surface area (Å²) < 4.78 is 12.8. The molecule has 0 bridgehead atoms. The monoisotopic (exact) mass is 242 g/mol. The molecule has 1 aromatic heterocycles. The Morgan fingerprint density at radius 1 is 1.22 bits per heavy atom. The van der Waals surface area contributed by atoms with Crippen molar-refractivity contribution >= 4 is 0 Å². The second-order valence-electron chi connectivity index (χ2n) is 4.71. The molecule has 1 atom stereocenters. The number of halogens is 1. The second kappa shape index (κ2) is 4.50.